The van der Waals surface area contributed by atoms with Gasteiger partial charge in [-0.15, -0.1) is 0 Å². The molecule has 70 valence electrons. The van der Waals surface area contributed by atoms with Crippen LogP contribution in [0.2, 0.25) is 0 Å². The highest BCUT2D eigenvalue weighted by Gasteiger charge is 2.33. The van der Waals surface area contributed by atoms with E-state index in [0.29, 0.717) is 0 Å². The van der Waals surface area contributed by atoms with Gasteiger partial charge in [0.2, 0.25) is 0 Å². The highest BCUT2D eigenvalue weighted by atomic mass is 16.3. The molecule has 0 aromatic carbocycles. The van der Waals surface area contributed by atoms with Crippen LogP contribution in [0.25, 0.3) is 0 Å². The first kappa shape index (κ1) is 9.44. The minimum atomic E-state index is -1.07. The number of likely N-dealkylation sites (tertiary alicyclic amines) is 1. The molecule has 3 atom stereocenters. The molecule has 1 fully saturated rings. The van der Waals surface area contributed by atoms with Gasteiger partial charge >= 0.3 is 0 Å². The van der Waals surface area contributed by atoms with Crippen molar-refractivity contribution in [1.29, 1.82) is 0 Å². The molecule has 0 saturated carbocycles. The van der Waals surface area contributed by atoms with Crippen molar-refractivity contribution in [3.05, 3.63) is 0 Å². The van der Waals surface area contributed by atoms with Crippen molar-refractivity contribution in [3.8, 4) is 0 Å². The lowest BCUT2D eigenvalue weighted by Crippen LogP contribution is -2.36. The SMILES string of the molecule is CC(O)C(=O)N1CC(O)C(O)C1. The summed E-state index contributed by atoms with van der Waals surface area (Å²) in [5.41, 5.74) is 0. The fourth-order valence-electron chi connectivity index (χ4n) is 1.21. The van der Waals surface area contributed by atoms with Crippen LogP contribution in [-0.2, 0) is 4.79 Å². The molecular formula is C7H13NO4. The number of hydrogen-bond donors (Lipinski definition) is 3. The van der Waals surface area contributed by atoms with Gasteiger partial charge in [-0.3, -0.25) is 4.79 Å². The fourth-order valence-corrected chi connectivity index (χ4v) is 1.21. The molecule has 0 aromatic rings. The number of nitrogens with zero attached hydrogens (tertiary/aromatic N) is 1. The first-order valence-corrected chi connectivity index (χ1v) is 3.85. The first-order chi connectivity index (χ1) is 5.52. The van der Waals surface area contributed by atoms with Crippen molar-refractivity contribution >= 4 is 5.91 Å². The number of rotatable bonds is 1. The molecule has 5 heteroatoms. The largest absolute Gasteiger partial charge is 0.388 e. The van der Waals surface area contributed by atoms with Gasteiger partial charge < -0.3 is 20.2 Å². The van der Waals surface area contributed by atoms with Crippen LogP contribution in [0.15, 0.2) is 0 Å². The van der Waals surface area contributed by atoms with Gasteiger partial charge in [0.25, 0.3) is 5.91 Å². The zero-order valence-electron chi connectivity index (χ0n) is 6.84. The maximum absolute atomic E-state index is 11.1. The standard InChI is InChI=1S/C7H13NO4/c1-4(9)7(12)8-2-5(10)6(11)3-8/h4-6,9-11H,2-3H2,1H3. The monoisotopic (exact) mass is 175 g/mol. The number of aliphatic hydroxyl groups excluding tert-OH is 3. The summed E-state index contributed by atoms with van der Waals surface area (Å²) in [7, 11) is 0. The summed E-state index contributed by atoms with van der Waals surface area (Å²) >= 11 is 0. The number of carbonyl (C=O) groups excluding carboxylic acids is 1. The van der Waals surface area contributed by atoms with E-state index in [4.69, 9.17) is 15.3 Å². The average molecular weight is 175 g/mol. The van der Waals surface area contributed by atoms with Gasteiger partial charge in [0.1, 0.15) is 6.10 Å². The molecule has 3 unspecified atom stereocenters. The van der Waals surface area contributed by atoms with Crippen molar-refractivity contribution in [1.82, 2.24) is 4.90 Å². The second-order valence-electron chi connectivity index (χ2n) is 3.05. The summed E-state index contributed by atoms with van der Waals surface area (Å²) in [5.74, 6) is -0.453. The molecule has 0 aliphatic carbocycles. The normalized spacial score (nSPS) is 32.2. The van der Waals surface area contributed by atoms with E-state index < -0.39 is 24.2 Å². The Morgan fingerprint density at radius 2 is 1.83 bits per heavy atom. The van der Waals surface area contributed by atoms with Gasteiger partial charge in [-0.05, 0) is 6.92 Å². The molecule has 1 aliphatic rings. The summed E-state index contributed by atoms with van der Waals surface area (Å²) in [6.45, 7) is 1.56. The minimum absolute atomic E-state index is 0.102. The minimum Gasteiger partial charge on any atom is -0.388 e. The molecule has 5 nitrogen and oxygen atoms in total. The van der Waals surface area contributed by atoms with Gasteiger partial charge in [0.05, 0.1) is 12.2 Å². The van der Waals surface area contributed by atoms with Gasteiger partial charge in [-0.1, -0.05) is 0 Å². The van der Waals surface area contributed by atoms with E-state index in [1.165, 1.54) is 11.8 Å². The van der Waals surface area contributed by atoms with E-state index >= 15 is 0 Å². The Kier molecular flexibility index (Phi) is 2.66. The summed E-state index contributed by atoms with van der Waals surface area (Å²) in [6.07, 6.45) is -2.83. The number of β-amino-alcohol motifs (C(OH)–C–C–N with tert-alkyl or cyclic N) is 2. The highest BCUT2D eigenvalue weighted by Crippen LogP contribution is 2.10. The Balaban J connectivity index is 2.52. The third-order valence-corrected chi connectivity index (χ3v) is 1.93. The van der Waals surface area contributed by atoms with Crippen molar-refractivity contribution in [2.24, 2.45) is 0 Å². The first-order valence-electron chi connectivity index (χ1n) is 3.85. The van der Waals surface area contributed by atoms with Gasteiger partial charge in [0, 0.05) is 13.1 Å². The van der Waals surface area contributed by atoms with Crippen molar-refractivity contribution < 1.29 is 20.1 Å². The van der Waals surface area contributed by atoms with Crippen LogP contribution in [0.1, 0.15) is 6.92 Å². The third-order valence-electron chi connectivity index (χ3n) is 1.93. The summed E-state index contributed by atoms with van der Waals surface area (Å²) in [4.78, 5) is 12.3. The fraction of sp³-hybridized carbons (Fsp3) is 0.857. The number of hydrogen-bond acceptors (Lipinski definition) is 4. The predicted octanol–water partition coefficient (Wildman–Crippen LogP) is -2.07. The van der Waals surface area contributed by atoms with Crippen molar-refractivity contribution in [3.63, 3.8) is 0 Å². The molecule has 1 amide bonds. The Morgan fingerprint density at radius 3 is 2.17 bits per heavy atom. The Labute approximate surface area is 70.2 Å². The van der Waals surface area contributed by atoms with Gasteiger partial charge in [-0.2, -0.15) is 0 Å². The zero-order valence-corrected chi connectivity index (χ0v) is 6.84. The molecule has 12 heavy (non-hydrogen) atoms. The molecule has 0 bridgehead atoms. The van der Waals surface area contributed by atoms with Crippen LogP contribution < -0.4 is 0 Å². The molecule has 1 heterocycles. The topological polar surface area (TPSA) is 81.0 Å². The van der Waals surface area contributed by atoms with Crippen LogP contribution in [0.4, 0.5) is 0 Å². The smallest absolute Gasteiger partial charge is 0.251 e. The lowest BCUT2D eigenvalue weighted by molar-refractivity contribution is -0.138. The summed E-state index contributed by atoms with van der Waals surface area (Å²) in [6, 6.07) is 0. The molecule has 1 aliphatic heterocycles. The number of carbonyl (C=O) groups is 1. The van der Waals surface area contributed by atoms with E-state index in [-0.39, 0.29) is 13.1 Å². The third kappa shape index (κ3) is 1.74. The number of amides is 1. The molecule has 0 aromatic heterocycles. The van der Waals surface area contributed by atoms with Gasteiger partial charge in [0.15, 0.2) is 0 Å². The molecule has 3 N–H and O–H groups in total. The molecule has 1 rings (SSSR count). The second-order valence-corrected chi connectivity index (χ2v) is 3.05. The van der Waals surface area contributed by atoms with Crippen LogP contribution in [0, 0.1) is 0 Å². The molecule has 1 saturated heterocycles. The zero-order chi connectivity index (χ0) is 9.30. The van der Waals surface area contributed by atoms with Crippen molar-refractivity contribution in [2.75, 3.05) is 13.1 Å². The Hall–Kier alpha value is -0.650. The van der Waals surface area contributed by atoms with Gasteiger partial charge in [-0.25, -0.2) is 0 Å². The summed E-state index contributed by atoms with van der Waals surface area (Å²) in [5, 5.41) is 27.0. The number of aliphatic hydroxyl groups is 3. The van der Waals surface area contributed by atoms with E-state index in [1.807, 2.05) is 0 Å². The molecular weight excluding hydrogens is 162 g/mol. The average Bonchev–Trinajstić information content (AvgIpc) is 2.30. The lowest BCUT2D eigenvalue weighted by Gasteiger charge is -2.16. The van der Waals surface area contributed by atoms with E-state index in [1.54, 1.807) is 0 Å². The quantitative estimate of drug-likeness (QED) is 0.427. The Bertz CT molecular complexity index is 172. The highest BCUT2D eigenvalue weighted by molar-refractivity contribution is 5.80. The van der Waals surface area contributed by atoms with E-state index in [0.717, 1.165) is 0 Å². The lowest BCUT2D eigenvalue weighted by atomic mass is 10.3. The van der Waals surface area contributed by atoms with E-state index in [9.17, 15) is 4.79 Å². The maximum Gasteiger partial charge on any atom is 0.251 e. The molecule has 0 radical (unpaired) electrons. The van der Waals surface area contributed by atoms with Crippen LogP contribution in [0.3, 0.4) is 0 Å². The van der Waals surface area contributed by atoms with Crippen molar-refractivity contribution in [2.45, 2.75) is 25.2 Å². The second kappa shape index (κ2) is 3.38. The van der Waals surface area contributed by atoms with E-state index in [2.05, 4.69) is 0 Å². The Morgan fingerprint density at radius 1 is 1.42 bits per heavy atom. The van der Waals surface area contributed by atoms with Crippen LogP contribution in [0.5, 0.6) is 0 Å². The van der Waals surface area contributed by atoms with Crippen LogP contribution >= 0.6 is 0 Å². The maximum atomic E-state index is 11.1. The molecule has 0 spiro atoms. The summed E-state index contributed by atoms with van der Waals surface area (Å²) < 4.78 is 0. The van der Waals surface area contributed by atoms with Crippen LogP contribution in [-0.4, -0.2) is 57.5 Å². The predicted molar refractivity (Wildman–Crippen MR) is 40.3 cm³/mol.